The molecule has 0 bridgehead atoms. The topological polar surface area (TPSA) is 126 Å². The van der Waals surface area contributed by atoms with Crippen molar-refractivity contribution in [3.05, 3.63) is 53.1 Å². The van der Waals surface area contributed by atoms with Crippen LogP contribution < -0.4 is 5.32 Å². The van der Waals surface area contributed by atoms with Crippen LogP contribution in [-0.4, -0.2) is 46.0 Å². The molecule has 2 aromatic heterocycles. The lowest BCUT2D eigenvalue weighted by Crippen LogP contribution is -2.28. The molecule has 0 radical (unpaired) electrons. The van der Waals surface area contributed by atoms with E-state index < -0.39 is 17.6 Å². The van der Waals surface area contributed by atoms with Crippen LogP contribution in [0.2, 0.25) is 0 Å². The summed E-state index contributed by atoms with van der Waals surface area (Å²) in [5.74, 6) is -2.10. The molecule has 0 unspecified atom stereocenters. The minimum atomic E-state index is -1.32. The lowest BCUT2D eigenvalue weighted by Gasteiger charge is -2.16. The summed E-state index contributed by atoms with van der Waals surface area (Å²) >= 11 is 0. The Morgan fingerprint density at radius 1 is 1.23 bits per heavy atom. The zero-order valence-electron chi connectivity index (χ0n) is 17.7. The van der Waals surface area contributed by atoms with E-state index in [2.05, 4.69) is 10.5 Å². The van der Waals surface area contributed by atoms with Crippen molar-refractivity contribution in [1.82, 2.24) is 10.1 Å². The van der Waals surface area contributed by atoms with E-state index in [1.807, 2.05) is 13.8 Å². The summed E-state index contributed by atoms with van der Waals surface area (Å²) in [6, 6.07) is 5.02. The first-order valence-electron chi connectivity index (χ1n) is 9.76. The molecule has 2 amide bonds. The van der Waals surface area contributed by atoms with E-state index >= 15 is 0 Å². The smallest absolute Gasteiger partial charge is 0.374 e. The maximum absolute atomic E-state index is 12.6. The fourth-order valence-corrected chi connectivity index (χ4v) is 3.21. The summed E-state index contributed by atoms with van der Waals surface area (Å²) in [6.45, 7) is 8.37. The first kappa shape index (κ1) is 21.8. The Hall–Kier alpha value is -3.88. The summed E-state index contributed by atoms with van der Waals surface area (Å²) in [7, 11) is 0. The van der Waals surface area contributed by atoms with Crippen molar-refractivity contribution in [2.75, 3.05) is 18.4 Å². The van der Waals surface area contributed by atoms with E-state index in [4.69, 9.17) is 8.94 Å². The average Bonchev–Trinajstić information content (AvgIpc) is 3.32. The van der Waals surface area contributed by atoms with Crippen LogP contribution >= 0.6 is 0 Å². The molecule has 9 nitrogen and oxygen atoms in total. The summed E-state index contributed by atoms with van der Waals surface area (Å²) in [4.78, 5) is 38.4. The average molecular weight is 425 g/mol. The van der Waals surface area contributed by atoms with Crippen LogP contribution in [0.25, 0.3) is 16.5 Å². The number of aryl methyl sites for hydroxylation is 1. The van der Waals surface area contributed by atoms with E-state index in [-0.39, 0.29) is 17.2 Å². The molecule has 2 heterocycles. The number of aromatic nitrogens is 1. The van der Waals surface area contributed by atoms with Crippen LogP contribution in [0, 0.1) is 6.92 Å². The second-order valence-corrected chi connectivity index (χ2v) is 6.91. The molecule has 0 aliphatic rings. The van der Waals surface area contributed by atoms with Gasteiger partial charge in [-0.05, 0) is 51.0 Å². The Morgan fingerprint density at radius 3 is 2.52 bits per heavy atom. The molecule has 0 aliphatic heterocycles. The third-order valence-electron chi connectivity index (χ3n) is 4.99. The van der Waals surface area contributed by atoms with E-state index in [9.17, 15) is 19.5 Å². The van der Waals surface area contributed by atoms with Gasteiger partial charge in [-0.25, -0.2) is 4.79 Å². The Balaban J connectivity index is 2.04. The van der Waals surface area contributed by atoms with Crippen LogP contribution in [0.15, 0.2) is 39.4 Å². The zero-order chi connectivity index (χ0) is 22.7. The third kappa shape index (κ3) is 4.35. The van der Waals surface area contributed by atoms with Gasteiger partial charge in [0.1, 0.15) is 22.6 Å². The van der Waals surface area contributed by atoms with Gasteiger partial charge in [-0.1, -0.05) is 11.2 Å². The number of carbonyl (C=O) groups excluding carboxylic acids is 2. The quantitative estimate of drug-likeness (QED) is 0.549. The number of hydrogen-bond donors (Lipinski definition) is 2. The van der Waals surface area contributed by atoms with Crippen molar-refractivity contribution < 1.29 is 28.4 Å². The number of carbonyl (C=O) groups is 3. The summed E-state index contributed by atoms with van der Waals surface area (Å²) in [6.07, 6.45) is 2.79. The molecule has 0 atom stereocenters. The molecule has 3 aromatic rings. The van der Waals surface area contributed by atoms with Gasteiger partial charge in [-0.15, -0.1) is 0 Å². The van der Waals surface area contributed by atoms with Crippen molar-refractivity contribution in [2.45, 2.75) is 27.7 Å². The zero-order valence-corrected chi connectivity index (χ0v) is 17.7. The number of benzene rings is 1. The van der Waals surface area contributed by atoms with Gasteiger partial charge in [0.2, 0.25) is 11.7 Å². The van der Waals surface area contributed by atoms with Gasteiger partial charge in [0, 0.05) is 24.6 Å². The van der Waals surface area contributed by atoms with Crippen molar-refractivity contribution >= 4 is 40.0 Å². The number of carboxylic acids is 1. The van der Waals surface area contributed by atoms with E-state index in [1.165, 1.54) is 12.3 Å². The van der Waals surface area contributed by atoms with Crippen LogP contribution in [0.1, 0.15) is 53.0 Å². The van der Waals surface area contributed by atoms with Crippen LogP contribution in [0.5, 0.6) is 0 Å². The molecule has 9 heteroatoms. The van der Waals surface area contributed by atoms with Crippen LogP contribution in [-0.2, 0) is 4.79 Å². The van der Waals surface area contributed by atoms with E-state index in [1.54, 1.807) is 36.9 Å². The second-order valence-electron chi connectivity index (χ2n) is 6.91. The number of carboxylic acid groups (broad SMARTS) is 1. The maximum Gasteiger partial charge on any atom is 0.374 e. The molecule has 31 heavy (non-hydrogen) atoms. The third-order valence-corrected chi connectivity index (χ3v) is 4.99. The van der Waals surface area contributed by atoms with E-state index in [0.717, 1.165) is 0 Å². The minimum absolute atomic E-state index is 0.0258. The number of nitrogens with zero attached hydrogens (tertiary/aromatic N) is 2. The highest BCUT2D eigenvalue weighted by Crippen LogP contribution is 2.34. The van der Waals surface area contributed by atoms with Crippen LogP contribution in [0.4, 0.5) is 5.69 Å². The number of rotatable bonds is 7. The number of amides is 2. The number of likely N-dealkylation sites (N-methyl/N-ethyl adjacent to an activating group) is 1. The molecule has 0 spiro atoms. The fraction of sp³-hybridized carbons (Fsp3) is 0.273. The highest BCUT2D eigenvalue weighted by Gasteiger charge is 2.24. The van der Waals surface area contributed by atoms with Crippen molar-refractivity contribution in [1.29, 1.82) is 0 Å². The molecular weight excluding hydrogens is 402 g/mol. The van der Waals surface area contributed by atoms with Crippen molar-refractivity contribution in [3.8, 4) is 0 Å². The largest absolute Gasteiger partial charge is 0.475 e. The van der Waals surface area contributed by atoms with Gasteiger partial charge in [-0.3, -0.25) is 9.59 Å². The Labute approximate surface area is 178 Å². The molecular formula is C22H23N3O6. The van der Waals surface area contributed by atoms with E-state index in [0.29, 0.717) is 41.0 Å². The standard InChI is InChI=1S/C22H23N3O6/c1-5-25(6-2)18(26)9-12(3)14-7-8-17-15(10-14)19(20(30-17)22(28)29)24-21(27)16-11-23-31-13(16)4/h7-11H,5-6H2,1-4H3,(H,24,27)(H,28,29). The Kier molecular flexibility index (Phi) is 6.24. The van der Waals surface area contributed by atoms with Crippen molar-refractivity contribution in [2.24, 2.45) is 0 Å². The molecule has 3 rings (SSSR count). The van der Waals surface area contributed by atoms with Gasteiger partial charge in [0.05, 0.1) is 6.20 Å². The lowest BCUT2D eigenvalue weighted by atomic mass is 10.0. The Morgan fingerprint density at radius 2 is 1.94 bits per heavy atom. The lowest BCUT2D eigenvalue weighted by molar-refractivity contribution is -0.125. The number of furan rings is 1. The monoisotopic (exact) mass is 425 g/mol. The molecule has 2 N–H and O–H groups in total. The molecule has 0 saturated heterocycles. The first-order chi connectivity index (χ1) is 14.8. The fourth-order valence-electron chi connectivity index (χ4n) is 3.21. The highest BCUT2D eigenvalue weighted by molar-refractivity contribution is 6.13. The number of aromatic carboxylic acids is 1. The van der Waals surface area contributed by atoms with Gasteiger partial charge in [-0.2, -0.15) is 0 Å². The molecule has 1 aromatic carbocycles. The number of hydrogen-bond acceptors (Lipinski definition) is 6. The first-order valence-corrected chi connectivity index (χ1v) is 9.76. The van der Waals surface area contributed by atoms with Gasteiger partial charge < -0.3 is 24.3 Å². The number of fused-ring (bicyclic) bond motifs is 1. The predicted octanol–water partition coefficient (Wildman–Crippen LogP) is 3.95. The molecule has 0 fully saturated rings. The SMILES string of the molecule is CCN(CC)C(=O)C=C(C)c1ccc2oc(C(=O)O)c(NC(=O)c3cnoc3C)c2c1. The second kappa shape index (κ2) is 8.86. The Bertz CT molecular complexity index is 1180. The van der Waals surface area contributed by atoms with Gasteiger partial charge >= 0.3 is 5.97 Å². The highest BCUT2D eigenvalue weighted by atomic mass is 16.5. The summed E-state index contributed by atoms with van der Waals surface area (Å²) in [5, 5.41) is 16.1. The number of nitrogens with one attached hydrogen (secondary N) is 1. The normalized spacial score (nSPS) is 11.5. The van der Waals surface area contributed by atoms with Gasteiger partial charge in [0.15, 0.2) is 0 Å². The summed E-state index contributed by atoms with van der Waals surface area (Å²) in [5.41, 5.74) is 1.90. The predicted molar refractivity (Wildman–Crippen MR) is 114 cm³/mol. The maximum atomic E-state index is 12.6. The number of anilines is 1. The molecule has 0 aliphatic carbocycles. The molecule has 0 saturated carbocycles. The molecule has 162 valence electrons. The van der Waals surface area contributed by atoms with Gasteiger partial charge in [0.25, 0.3) is 5.91 Å². The summed E-state index contributed by atoms with van der Waals surface area (Å²) < 4.78 is 10.4. The van der Waals surface area contributed by atoms with Crippen molar-refractivity contribution in [3.63, 3.8) is 0 Å². The number of allylic oxidation sites excluding steroid dienone is 1. The van der Waals surface area contributed by atoms with Crippen LogP contribution in [0.3, 0.4) is 0 Å². The minimum Gasteiger partial charge on any atom is -0.475 e.